The monoisotopic (exact) mass is 368 g/mol. The normalized spacial score (nSPS) is 19.5. The Hall–Kier alpha value is -1.51. The van der Waals surface area contributed by atoms with Crippen molar-refractivity contribution in [3.05, 3.63) is 48.1 Å². The predicted molar refractivity (Wildman–Crippen MR) is 93.2 cm³/mol. The van der Waals surface area contributed by atoms with Crippen molar-refractivity contribution in [2.24, 2.45) is 0 Å². The summed E-state index contributed by atoms with van der Waals surface area (Å²) < 4.78 is 29.2. The Kier molecular flexibility index (Phi) is 5.71. The SMILES string of the molecule is C[C@@H](SC1CCNCC1)[C@](O)(Cn1cncn1)c1ccc(F)cc1F. The summed E-state index contributed by atoms with van der Waals surface area (Å²) in [6, 6.07) is 3.30. The van der Waals surface area contributed by atoms with Crippen molar-refractivity contribution >= 4 is 11.8 Å². The molecule has 1 aromatic carbocycles. The van der Waals surface area contributed by atoms with E-state index in [0.29, 0.717) is 5.25 Å². The Balaban J connectivity index is 1.89. The quantitative estimate of drug-likeness (QED) is 0.819. The van der Waals surface area contributed by atoms with E-state index < -0.39 is 17.2 Å². The van der Waals surface area contributed by atoms with Gasteiger partial charge in [-0.05, 0) is 32.0 Å². The molecular formula is C17H22F2N4OS. The number of piperidine rings is 1. The lowest BCUT2D eigenvalue weighted by atomic mass is 9.90. The van der Waals surface area contributed by atoms with Gasteiger partial charge in [-0.15, -0.1) is 0 Å². The standard InChI is InChI=1S/C17H22F2N4OS/c1-12(25-14-4-6-20-7-5-14)17(24,9-23-11-21-10-22-23)15-3-2-13(18)8-16(15)19/h2-3,8,10-12,14,20,24H,4-7,9H2,1H3/t12-,17-/m1/s1. The van der Waals surface area contributed by atoms with Crippen LogP contribution in [0.1, 0.15) is 25.3 Å². The summed E-state index contributed by atoms with van der Waals surface area (Å²) in [5.41, 5.74) is -1.44. The van der Waals surface area contributed by atoms with Crippen LogP contribution in [-0.4, -0.2) is 43.5 Å². The molecule has 0 radical (unpaired) electrons. The molecule has 136 valence electrons. The number of aromatic nitrogens is 3. The van der Waals surface area contributed by atoms with Crippen molar-refractivity contribution < 1.29 is 13.9 Å². The number of nitrogens with one attached hydrogen (secondary N) is 1. The molecule has 0 unspecified atom stereocenters. The third kappa shape index (κ3) is 4.19. The van der Waals surface area contributed by atoms with Crippen molar-refractivity contribution in [1.29, 1.82) is 0 Å². The molecule has 1 aliphatic rings. The van der Waals surface area contributed by atoms with Gasteiger partial charge in [0.1, 0.15) is 29.9 Å². The molecule has 2 aromatic rings. The van der Waals surface area contributed by atoms with E-state index in [1.165, 1.54) is 29.5 Å². The number of rotatable bonds is 6. The highest BCUT2D eigenvalue weighted by atomic mass is 32.2. The number of benzene rings is 1. The summed E-state index contributed by atoms with van der Waals surface area (Å²) in [6.45, 7) is 3.81. The molecule has 3 rings (SSSR count). The van der Waals surface area contributed by atoms with E-state index in [1.54, 1.807) is 11.8 Å². The highest BCUT2D eigenvalue weighted by Crippen LogP contribution is 2.39. The van der Waals surface area contributed by atoms with Gasteiger partial charge in [0.25, 0.3) is 0 Å². The average Bonchev–Trinajstić information content (AvgIpc) is 3.08. The van der Waals surface area contributed by atoms with Gasteiger partial charge in [-0.3, -0.25) is 0 Å². The summed E-state index contributed by atoms with van der Waals surface area (Å²) in [5.74, 6) is -1.41. The Morgan fingerprint density at radius 3 is 2.80 bits per heavy atom. The highest BCUT2D eigenvalue weighted by Gasteiger charge is 2.40. The lowest BCUT2D eigenvalue weighted by molar-refractivity contribution is 0.0131. The van der Waals surface area contributed by atoms with E-state index in [4.69, 9.17) is 0 Å². The summed E-state index contributed by atoms with van der Waals surface area (Å²) >= 11 is 1.65. The van der Waals surface area contributed by atoms with Gasteiger partial charge in [0.05, 0.1) is 6.54 Å². The minimum absolute atomic E-state index is 0.0503. The maximum absolute atomic E-state index is 14.4. The first kappa shape index (κ1) is 18.3. The fourth-order valence-electron chi connectivity index (χ4n) is 3.17. The molecule has 8 heteroatoms. The minimum atomic E-state index is -1.53. The van der Waals surface area contributed by atoms with Gasteiger partial charge < -0.3 is 10.4 Å². The molecule has 2 atom stereocenters. The number of aliphatic hydroxyl groups is 1. The van der Waals surface area contributed by atoms with Crippen molar-refractivity contribution in [3.63, 3.8) is 0 Å². The third-order valence-corrected chi connectivity index (χ3v) is 6.28. The van der Waals surface area contributed by atoms with Crippen molar-refractivity contribution in [2.75, 3.05) is 13.1 Å². The molecule has 1 aliphatic heterocycles. The zero-order valence-electron chi connectivity index (χ0n) is 14.0. The predicted octanol–water partition coefficient (Wildman–Crippen LogP) is 2.32. The Bertz CT molecular complexity index is 694. The number of thioether (sulfide) groups is 1. The molecule has 0 amide bonds. The van der Waals surface area contributed by atoms with E-state index in [-0.39, 0.29) is 17.4 Å². The second kappa shape index (κ2) is 7.80. The van der Waals surface area contributed by atoms with Crippen LogP contribution in [-0.2, 0) is 12.1 Å². The molecule has 0 saturated carbocycles. The van der Waals surface area contributed by atoms with Gasteiger partial charge >= 0.3 is 0 Å². The lowest BCUT2D eigenvalue weighted by Crippen LogP contribution is -2.43. The summed E-state index contributed by atoms with van der Waals surface area (Å²) in [4.78, 5) is 3.88. The summed E-state index contributed by atoms with van der Waals surface area (Å²) in [5, 5.41) is 18.9. The Morgan fingerprint density at radius 2 is 2.16 bits per heavy atom. The van der Waals surface area contributed by atoms with E-state index in [0.717, 1.165) is 32.0 Å². The molecule has 0 aliphatic carbocycles. The van der Waals surface area contributed by atoms with Crippen LogP contribution in [0.25, 0.3) is 0 Å². The second-order valence-corrected chi connectivity index (χ2v) is 8.02. The first-order valence-corrected chi connectivity index (χ1v) is 9.30. The van der Waals surface area contributed by atoms with E-state index >= 15 is 0 Å². The Morgan fingerprint density at radius 1 is 1.40 bits per heavy atom. The van der Waals surface area contributed by atoms with E-state index in [9.17, 15) is 13.9 Å². The molecule has 2 heterocycles. The molecule has 1 fully saturated rings. The van der Waals surface area contributed by atoms with Gasteiger partial charge in [0.15, 0.2) is 0 Å². The molecule has 2 N–H and O–H groups in total. The Labute approximate surface area is 149 Å². The van der Waals surface area contributed by atoms with Crippen molar-refractivity contribution in [2.45, 2.75) is 42.4 Å². The van der Waals surface area contributed by atoms with Crippen molar-refractivity contribution in [3.8, 4) is 0 Å². The van der Waals surface area contributed by atoms with Gasteiger partial charge in [-0.1, -0.05) is 13.0 Å². The molecule has 1 aromatic heterocycles. The lowest BCUT2D eigenvalue weighted by Gasteiger charge is -2.37. The first-order chi connectivity index (χ1) is 12.0. The van der Waals surface area contributed by atoms with Crippen LogP contribution in [0.5, 0.6) is 0 Å². The maximum Gasteiger partial charge on any atom is 0.137 e. The number of halogens is 2. The first-order valence-electron chi connectivity index (χ1n) is 8.35. The van der Waals surface area contributed by atoms with Crippen LogP contribution in [0.4, 0.5) is 8.78 Å². The zero-order valence-corrected chi connectivity index (χ0v) is 14.8. The molecular weight excluding hydrogens is 346 g/mol. The average molecular weight is 368 g/mol. The van der Waals surface area contributed by atoms with Crippen LogP contribution in [0.15, 0.2) is 30.9 Å². The number of hydrogen-bond donors (Lipinski definition) is 2. The highest BCUT2D eigenvalue weighted by molar-refractivity contribution is 8.00. The third-order valence-electron chi connectivity index (χ3n) is 4.62. The zero-order chi connectivity index (χ0) is 17.9. The molecule has 0 spiro atoms. The largest absolute Gasteiger partial charge is 0.382 e. The molecule has 1 saturated heterocycles. The number of nitrogens with zero attached hydrogens (tertiary/aromatic N) is 3. The van der Waals surface area contributed by atoms with Crippen LogP contribution >= 0.6 is 11.8 Å². The van der Waals surface area contributed by atoms with Crippen LogP contribution in [0, 0.1) is 11.6 Å². The van der Waals surface area contributed by atoms with Crippen LogP contribution in [0.3, 0.4) is 0 Å². The summed E-state index contributed by atoms with van der Waals surface area (Å²) in [7, 11) is 0. The van der Waals surface area contributed by atoms with Gasteiger partial charge in [-0.2, -0.15) is 16.9 Å². The molecule has 5 nitrogen and oxygen atoms in total. The fraction of sp³-hybridized carbons (Fsp3) is 0.529. The molecule has 25 heavy (non-hydrogen) atoms. The topological polar surface area (TPSA) is 63.0 Å². The smallest absolute Gasteiger partial charge is 0.137 e. The fourth-order valence-corrected chi connectivity index (χ4v) is 4.68. The van der Waals surface area contributed by atoms with Crippen LogP contribution < -0.4 is 5.32 Å². The maximum atomic E-state index is 14.4. The summed E-state index contributed by atoms with van der Waals surface area (Å²) in [6.07, 6.45) is 4.85. The van der Waals surface area contributed by atoms with Gasteiger partial charge in [-0.25, -0.2) is 18.4 Å². The molecule has 0 bridgehead atoms. The van der Waals surface area contributed by atoms with Gasteiger partial charge in [0.2, 0.25) is 0 Å². The second-order valence-electron chi connectivity index (χ2n) is 6.37. The van der Waals surface area contributed by atoms with E-state index in [2.05, 4.69) is 15.4 Å². The van der Waals surface area contributed by atoms with Gasteiger partial charge in [0, 0.05) is 22.1 Å². The van der Waals surface area contributed by atoms with E-state index in [1.807, 2.05) is 6.92 Å². The van der Waals surface area contributed by atoms with Crippen LogP contribution in [0.2, 0.25) is 0 Å². The minimum Gasteiger partial charge on any atom is -0.382 e. The van der Waals surface area contributed by atoms with Crippen molar-refractivity contribution in [1.82, 2.24) is 20.1 Å². The number of hydrogen-bond acceptors (Lipinski definition) is 5.